The van der Waals surface area contributed by atoms with E-state index in [4.69, 9.17) is 8.83 Å². The van der Waals surface area contributed by atoms with Crippen LogP contribution in [0.4, 0.5) is 0 Å². The van der Waals surface area contributed by atoms with Crippen LogP contribution >= 0.6 is 0 Å². The minimum absolute atomic E-state index is 0.0170. The van der Waals surface area contributed by atoms with Crippen molar-refractivity contribution in [3.05, 3.63) is 362 Å². The molecule has 0 unspecified atom stereocenters. The molecule has 0 N–H and O–H groups in total. The number of benzene rings is 24. The molecule has 6 heteroatoms. The number of para-hydroxylation sites is 2. The van der Waals surface area contributed by atoms with Crippen LogP contribution in [-0.4, -0.2) is 32.3 Å². The molecule has 2 aliphatic carbocycles. The number of hydrogen-bond acceptors (Lipinski definition) is 2. The van der Waals surface area contributed by atoms with Gasteiger partial charge in [-0.1, -0.05) is 389 Å². The molecule has 624 valence electrons. The minimum atomic E-state index is -1.82. The highest BCUT2D eigenvalue weighted by Crippen LogP contribution is 2.62. The van der Waals surface area contributed by atoms with Gasteiger partial charge in [0.2, 0.25) is 0 Å². The maximum atomic E-state index is 6.55. The third-order valence-electron chi connectivity index (χ3n) is 33.5. The third kappa shape index (κ3) is 9.33. The van der Waals surface area contributed by atoms with Gasteiger partial charge < -0.3 is 8.83 Å². The lowest BCUT2D eigenvalue weighted by molar-refractivity contribution is 0.661. The summed E-state index contributed by atoms with van der Waals surface area (Å²) in [5.41, 5.74) is 27.1. The Kier molecular flexibility index (Phi) is 14.7. The smallest absolute Gasteiger partial charge is 0.144 e. The first kappa shape index (κ1) is 75.7. The summed E-state index contributed by atoms with van der Waals surface area (Å²) in [5, 5.41) is 50.8. The lowest BCUT2D eigenvalue weighted by atomic mass is 9.76. The quantitative estimate of drug-likeness (QED) is 0.112. The van der Waals surface area contributed by atoms with E-state index >= 15 is 0 Å². The van der Waals surface area contributed by atoms with Crippen LogP contribution in [-0.2, 0) is 10.8 Å². The number of rotatable bonds is 0. The zero-order chi connectivity index (χ0) is 88.3. The average molecular weight is 1750 g/mol. The van der Waals surface area contributed by atoms with Gasteiger partial charge in [-0.15, -0.1) is 0 Å². The SMILES string of the molecule is CC1(C)c2ccccc2-c2c1cc1ccc3cccc4c5c(c2c1c34)-c1ccccc1C5(C)C.C[Si]1(C)c2ccccc2-c2c1cc1c3c(c4cccc5ccc2c1c54)[Si](C)(C)c1ccccc1-3.C[Si]1(C)c2ccccc2-c2c1cc1ccc3ccc4c5c(cc2c1c35)-c1ccccc1[Si]4(C)C.c1ccc2c(c1)oc1c2c2cccc3ccc4cc5oc6ccccc6c5c1c4c32. The highest BCUT2D eigenvalue weighted by atomic mass is 28.3. The van der Waals surface area contributed by atoms with E-state index in [9.17, 15) is 0 Å². The van der Waals surface area contributed by atoms with E-state index < -0.39 is 32.3 Å². The van der Waals surface area contributed by atoms with Crippen molar-refractivity contribution in [1.82, 2.24) is 0 Å². The van der Waals surface area contributed by atoms with E-state index in [0.717, 1.165) is 43.9 Å². The van der Waals surface area contributed by atoms with Gasteiger partial charge in [-0.2, -0.15) is 0 Å². The zero-order valence-corrected chi connectivity index (χ0v) is 80.1. The molecule has 6 heterocycles. The molecule has 0 saturated carbocycles. The fraction of sp³-hybridized carbons (Fsp3) is 0.111. The lowest BCUT2D eigenvalue weighted by Gasteiger charge is -2.34. The van der Waals surface area contributed by atoms with E-state index in [0.29, 0.717) is 0 Å². The lowest BCUT2D eigenvalue weighted by Crippen LogP contribution is -2.55. The minimum Gasteiger partial charge on any atom is -0.456 e. The number of hydrogen-bond donors (Lipinski definition) is 0. The van der Waals surface area contributed by atoms with Gasteiger partial charge in [0.25, 0.3) is 0 Å². The highest BCUT2D eigenvalue weighted by molar-refractivity contribution is 7.07. The van der Waals surface area contributed by atoms with Crippen LogP contribution in [0.15, 0.2) is 349 Å². The molecule has 4 aliphatic heterocycles. The molecule has 0 fully saturated rings. The van der Waals surface area contributed by atoms with E-state index in [2.05, 4.69) is 402 Å². The maximum absolute atomic E-state index is 6.55. The topological polar surface area (TPSA) is 26.3 Å². The zero-order valence-electron chi connectivity index (χ0n) is 76.1. The van der Waals surface area contributed by atoms with Crippen molar-refractivity contribution in [1.29, 1.82) is 0 Å². The molecule has 2 nitrogen and oxygen atoms in total. The van der Waals surface area contributed by atoms with Crippen LogP contribution in [0.25, 0.3) is 240 Å². The first-order chi connectivity index (χ1) is 64.1. The molecule has 2 aromatic heterocycles. The predicted octanol–water partition coefficient (Wildman–Crippen LogP) is 30.0. The molecule has 32 rings (SSSR count). The second-order valence-electron chi connectivity index (χ2n) is 42.1. The molecular weight excluding hydrogens is 1660 g/mol. The second kappa shape index (κ2) is 25.6. The van der Waals surface area contributed by atoms with Gasteiger partial charge in [-0.05, 0) is 279 Å². The summed E-state index contributed by atoms with van der Waals surface area (Å²) >= 11 is 0. The van der Waals surface area contributed by atoms with Gasteiger partial charge in [-0.3, -0.25) is 0 Å². The van der Waals surface area contributed by atoms with Crippen LogP contribution in [0, 0.1) is 0 Å². The van der Waals surface area contributed by atoms with Crippen LogP contribution in [0.5, 0.6) is 0 Å². The van der Waals surface area contributed by atoms with Crippen molar-refractivity contribution in [3.63, 3.8) is 0 Å². The largest absolute Gasteiger partial charge is 0.456 e. The Morgan fingerprint density at radius 3 is 1.27 bits per heavy atom. The van der Waals surface area contributed by atoms with Gasteiger partial charge in [0.1, 0.15) is 54.6 Å². The standard InChI is InChI=1S/C34H26.2C32H26Si2.C28H14O2/c1-33(2)24-14-7-5-11-21(24)29-26(33)18-20-17-16-19-10-9-13-23-27(19)28(20)31(29)30-22-12-6-8-15-25(22)34(3,4)32(23)30;1-33(2)25-14-7-5-11-20(25)29-22-17-16-19-10-9-13-23-28(19)30(22)24(18-27(29)33)31-21-12-6-8-15-26(21)34(3,4)32(23)31;1-33(2)25-11-7-5-9-21(25)23-18-24-29-20(14-13-19-15-16-27(33)32(23)30(19)29)17-28-31(24)22-10-6-8-12-26(22)34(28,3)4;1-4-11-21-17(7-1)25-19-9-5-6-15-12-13-16-14-22-26(18-8-2-3-10-20(18)29-22)27(28(25)30-21)24(16)23(15)19/h3*5-18H,1-4H3;1-14H. The fourth-order valence-corrected chi connectivity index (χ4v) is 40.3. The Morgan fingerprint density at radius 1 is 0.189 bits per heavy atom. The summed E-state index contributed by atoms with van der Waals surface area (Å²) in [5.74, 6) is 0. The van der Waals surface area contributed by atoms with Crippen molar-refractivity contribution in [2.75, 3.05) is 0 Å². The third-order valence-corrected chi connectivity index (χ3v) is 47.6. The Morgan fingerprint density at radius 2 is 0.614 bits per heavy atom. The van der Waals surface area contributed by atoms with Crippen molar-refractivity contribution >= 4 is 247 Å². The number of furan rings is 2. The van der Waals surface area contributed by atoms with Crippen LogP contribution in [0.3, 0.4) is 0 Å². The van der Waals surface area contributed by atoms with Gasteiger partial charge in [-0.25, -0.2) is 0 Å². The summed E-state index contributed by atoms with van der Waals surface area (Å²) in [7, 11) is -7.12. The molecule has 0 saturated heterocycles. The van der Waals surface area contributed by atoms with Crippen molar-refractivity contribution < 1.29 is 8.83 Å². The molecule has 0 bridgehead atoms. The summed E-state index contributed by atoms with van der Waals surface area (Å²) in [6, 6.07) is 128. The summed E-state index contributed by atoms with van der Waals surface area (Å²) in [6.45, 7) is 29.9. The molecular formula is C126H92O2Si4. The number of fused-ring (bicyclic) bond motifs is 33. The second-order valence-corrected chi connectivity index (χ2v) is 59.4. The van der Waals surface area contributed by atoms with Gasteiger partial charge in [0.15, 0.2) is 0 Å². The van der Waals surface area contributed by atoms with E-state index in [1.54, 1.807) is 41.5 Å². The van der Waals surface area contributed by atoms with Crippen LogP contribution in [0.2, 0.25) is 52.4 Å². The Bertz CT molecular complexity index is 9690. The molecule has 132 heavy (non-hydrogen) atoms. The van der Waals surface area contributed by atoms with Crippen LogP contribution < -0.4 is 41.5 Å². The molecule has 24 aromatic carbocycles. The first-order valence-corrected chi connectivity index (χ1v) is 59.4. The summed E-state index contributed by atoms with van der Waals surface area (Å²) < 4.78 is 12.8. The van der Waals surface area contributed by atoms with E-state index in [1.165, 1.54) is 218 Å². The van der Waals surface area contributed by atoms with Crippen LogP contribution in [0.1, 0.15) is 49.9 Å². The molecule has 0 atom stereocenters. The van der Waals surface area contributed by atoms with Gasteiger partial charge in [0, 0.05) is 43.1 Å². The highest BCUT2D eigenvalue weighted by Gasteiger charge is 2.48. The van der Waals surface area contributed by atoms with E-state index in [-0.39, 0.29) is 10.8 Å². The van der Waals surface area contributed by atoms with Crippen molar-refractivity contribution in [3.8, 4) is 66.8 Å². The summed E-state index contributed by atoms with van der Waals surface area (Å²) in [4.78, 5) is 0. The van der Waals surface area contributed by atoms with E-state index in [1.807, 2.05) is 18.2 Å². The molecule has 0 radical (unpaired) electrons. The van der Waals surface area contributed by atoms with Gasteiger partial charge in [0.05, 0.1) is 0 Å². The normalized spacial score (nSPS) is 15.8. The summed E-state index contributed by atoms with van der Waals surface area (Å²) in [6.07, 6.45) is 0. The predicted molar refractivity (Wildman–Crippen MR) is 579 cm³/mol. The van der Waals surface area contributed by atoms with Crippen molar-refractivity contribution in [2.45, 2.75) is 90.9 Å². The molecule has 0 amide bonds. The Balaban J connectivity index is 0.0000000863. The molecule has 26 aromatic rings. The first-order valence-electron chi connectivity index (χ1n) is 47.4. The molecule has 6 aliphatic rings. The monoisotopic (exact) mass is 1750 g/mol. The van der Waals surface area contributed by atoms with Crippen molar-refractivity contribution in [2.24, 2.45) is 0 Å². The maximum Gasteiger partial charge on any atom is 0.144 e. The Labute approximate surface area is 769 Å². The fourth-order valence-electron chi connectivity index (χ4n) is 27.6. The molecule has 0 spiro atoms. The van der Waals surface area contributed by atoms with Gasteiger partial charge >= 0.3 is 0 Å². The average Bonchev–Trinajstić information content (AvgIpc) is 1.51. The Hall–Kier alpha value is -14.1.